The summed E-state index contributed by atoms with van der Waals surface area (Å²) in [5.74, 6) is -0.798. The molecular formula is C12H12O3. The Balaban J connectivity index is 2.59. The number of ketones is 1. The molecule has 78 valence electrons. The molecule has 0 atom stereocenters. The lowest BCUT2D eigenvalue weighted by molar-refractivity contribution is -0.121. The Hall–Kier alpha value is -1.64. The van der Waals surface area contributed by atoms with Crippen LogP contribution in [-0.4, -0.2) is 16.9 Å². The van der Waals surface area contributed by atoms with Crippen molar-refractivity contribution in [3.8, 4) is 0 Å². The first-order valence-electron chi connectivity index (χ1n) is 4.83. The van der Waals surface area contributed by atoms with E-state index in [1.165, 1.54) is 0 Å². The van der Waals surface area contributed by atoms with Gasteiger partial charge in [0, 0.05) is 11.8 Å². The lowest BCUT2D eigenvalue weighted by atomic mass is 9.85. The van der Waals surface area contributed by atoms with E-state index in [1.54, 1.807) is 18.2 Å². The summed E-state index contributed by atoms with van der Waals surface area (Å²) in [6.45, 7) is 3.68. The third-order valence-corrected chi connectivity index (χ3v) is 3.08. The molecule has 1 aromatic carbocycles. The summed E-state index contributed by atoms with van der Waals surface area (Å²) >= 11 is 0. The van der Waals surface area contributed by atoms with Crippen molar-refractivity contribution in [1.29, 1.82) is 0 Å². The molecule has 0 bridgehead atoms. The van der Waals surface area contributed by atoms with Crippen molar-refractivity contribution in [2.24, 2.45) is 0 Å². The number of Topliss-reactive ketones (excluding diaryl/α,β-unsaturated/α-hetero) is 1. The van der Waals surface area contributed by atoms with Gasteiger partial charge in [-0.1, -0.05) is 6.07 Å². The topological polar surface area (TPSA) is 54.4 Å². The van der Waals surface area contributed by atoms with Gasteiger partial charge in [0.2, 0.25) is 0 Å². The van der Waals surface area contributed by atoms with Crippen molar-refractivity contribution in [2.45, 2.75) is 25.7 Å². The standard InChI is InChI=1S/C12H12O3/c1-12(2)9-5-8(11(14)15)4-3-7(9)6-10(12)13/h3-5H,6H2,1-2H3,(H,14,15). The van der Waals surface area contributed by atoms with E-state index in [9.17, 15) is 9.59 Å². The van der Waals surface area contributed by atoms with Gasteiger partial charge < -0.3 is 5.11 Å². The van der Waals surface area contributed by atoms with Crippen LogP contribution < -0.4 is 0 Å². The molecule has 3 nitrogen and oxygen atoms in total. The highest BCUT2D eigenvalue weighted by molar-refractivity contribution is 5.97. The second-order valence-corrected chi connectivity index (χ2v) is 4.40. The minimum atomic E-state index is -0.951. The quantitative estimate of drug-likeness (QED) is 0.758. The Labute approximate surface area is 87.7 Å². The normalized spacial score (nSPS) is 17.6. The number of fused-ring (bicyclic) bond motifs is 1. The van der Waals surface area contributed by atoms with Crippen molar-refractivity contribution >= 4 is 11.8 Å². The predicted molar refractivity (Wildman–Crippen MR) is 55.1 cm³/mol. The molecule has 0 heterocycles. The van der Waals surface area contributed by atoms with Gasteiger partial charge in [0.05, 0.1) is 5.56 Å². The minimum absolute atomic E-state index is 0.153. The number of aromatic carboxylic acids is 1. The van der Waals surface area contributed by atoms with Gasteiger partial charge in [0.25, 0.3) is 0 Å². The number of carbonyl (C=O) groups is 2. The van der Waals surface area contributed by atoms with E-state index in [0.29, 0.717) is 6.42 Å². The summed E-state index contributed by atoms with van der Waals surface area (Å²) in [7, 11) is 0. The highest BCUT2D eigenvalue weighted by atomic mass is 16.4. The highest BCUT2D eigenvalue weighted by Gasteiger charge is 2.38. The SMILES string of the molecule is CC1(C)C(=O)Cc2ccc(C(=O)O)cc21. The second-order valence-electron chi connectivity index (χ2n) is 4.40. The van der Waals surface area contributed by atoms with E-state index in [1.807, 2.05) is 13.8 Å². The third kappa shape index (κ3) is 1.35. The molecule has 0 amide bonds. The number of carboxylic acid groups (broad SMARTS) is 1. The number of rotatable bonds is 1. The van der Waals surface area contributed by atoms with Crippen molar-refractivity contribution in [2.75, 3.05) is 0 Å². The third-order valence-electron chi connectivity index (χ3n) is 3.08. The van der Waals surface area contributed by atoms with Gasteiger partial charge in [-0.15, -0.1) is 0 Å². The Bertz CT molecular complexity index is 458. The van der Waals surface area contributed by atoms with Crippen molar-refractivity contribution in [3.05, 3.63) is 34.9 Å². The first-order valence-corrected chi connectivity index (χ1v) is 4.83. The van der Waals surface area contributed by atoms with Gasteiger partial charge in [-0.05, 0) is 37.1 Å². The fraction of sp³-hybridized carbons (Fsp3) is 0.333. The van der Waals surface area contributed by atoms with Crippen molar-refractivity contribution in [3.63, 3.8) is 0 Å². The zero-order valence-corrected chi connectivity index (χ0v) is 8.70. The highest BCUT2D eigenvalue weighted by Crippen LogP contribution is 2.35. The summed E-state index contributed by atoms with van der Waals surface area (Å²) in [4.78, 5) is 22.5. The average molecular weight is 204 g/mol. The summed E-state index contributed by atoms with van der Waals surface area (Å²) in [6.07, 6.45) is 0.419. The van der Waals surface area contributed by atoms with Crippen LogP contribution in [0.25, 0.3) is 0 Å². The monoisotopic (exact) mass is 204 g/mol. The van der Waals surface area contributed by atoms with E-state index in [0.717, 1.165) is 11.1 Å². The summed E-state index contributed by atoms with van der Waals surface area (Å²) in [5, 5.41) is 8.87. The maximum Gasteiger partial charge on any atom is 0.335 e. The molecule has 0 saturated carbocycles. The maximum atomic E-state index is 11.7. The number of carbonyl (C=O) groups excluding carboxylic acids is 1. The Morgan fingerprint density at radius 3 is 2.67 bits per heavy atom. The smallest absolute Gasteiger partial charge is 0.335 e. The van der Waals surface area contributed by atoms with Crippen molar-refractivity contribution in [1.82, 2.24) is 0 Å². The maximum absolute atomic E-state index is 11.7. The molecule has 0 aromatic heterocycles. The summed E-state index contributed by atoms with van der Waals surface area (Å²) < 4.78 is 0. The molecule has 1 N–H and O–H groups in total. The van der Waals surface area contributed by atoms with Crippen LogP contribution in [-0.2, 0) is 16.6 Å². The lowest BCUT2D eigenvalue weighted by Gasteiger charge is -2.17. The fourth-order valence-electron chi connectivity index (χ4n) is 1.99. The van der Waals surface area contributed by atoms with E-state index < -0.39 is 11.4 Å². The van der Waals surface area contributed by atoms with Gasteiger partial charge in [-0.25, -0.2) is 4.79 Å². The molecule has 3 heteroatoms. The first-order chi connectivity index (χ1) is 6.93. The molecule has 0 spiro atoms. The molecule has 0 radical (unpaired) electrons. The zero-order valence-electron chi connectivity index (χ0n) is 8.70. The molecule has 0 unspecified atom stereocenters. The molecule has 1 aliphatic carbocycles. The molecule has 1 aromatic rings. The van der Waals surface area contributed by atoms with Gasteiger partial charge in [0.15, 0.2) is 0 Å². The van der Waals surface area contributed by atoms with Crippen LogP contribution >= 0.6 is 0 Å². The van der Waals surface area contributed by atoms with Crippen LogP contribution in [0.2, 0.25) is 0 Å². The van der Waals surface area contributed by atoms with Crippen LogP contribution in [0, 0.1) is 0 Å². The van der Waals surface area contributed by atoms with E-state index in [-0.39, 0.29) is 11.3 Å². The van der Waals surface area contributed by atoms with Crippen LogP contribution in [0.15, 0.2) is 18.2 Å². The van der Waals surface area contributed by atoms with Gasteiger partial charge >= 0.3 is 5.97 Å². The van der Waals surface area contributed by atoms with Gasteiger partial charge in [-0.2, -0.15) is 0 Å². The van der Waals surface area contributed by atoms with Gasteiger partial charge in [-0.3, -0.25) is 4.79 Å². The molecule has 1 aliphatic rings. The number of carboxylic acids is 1. The Morgan fingerprint density at radius 2 is 2.07 bits per heavy atom. The zero-order chi connectivity index (χ0) is 11.2. The molecule has 0 fully saturated rings. The molecule has 2 rings (SSSR count). The average Bonchev–Trinajstić information content (AvgIpc) is 2.38. The summed E-state index contributed by atoms with van der Waals surface area (Å²) in [5.41, 5.74) is 1.51. The van der Waals surface area contributed by atoms with Crippen LogP contribution in [0.1, 0.15) is 35.3 Å². The second kappa shape index (κ2) is 2.92. The van der Waals surface area contributed by atoms with Crippen molar-refractivity contribution < 1.29 is 14.7 Å². The van der Waals surface area contributed by atoms with E-state index in [2.05, 4.69) is 0 Å². The molecule has 0 saturated heterocycles. The fourth-order valence-corrected chi connectivity index (χ4v) is 1.99. The first kappa shape index (κ1) is 9.90. The Morgan fingerprint density at radius 1 is 1.40 bits per heavy atom. The van der Waals surface area contributed by atoms with Gasteiger partial charge in [0.1, 0.15) is 5.78 Å². The van der Waals surface area contributed by atoms with E-state index in [4.69, 9.17) is 5.11 Å². The predicted octanol–water partition coefficient (Wildman–Crippen LogP) is 1.79. The molecule has 0 aliphatic heterocycles. The Kier molecular flexibility index (Phi) is 1.93. The van der Waals surface area contributed by atoms with Crippen LogP contribution in [0.4, 0.5) is 0 Å². The van der Waals surface area contributed by atoms with Crippen LogP contribution in [0.3, 0.4) is 0 Å². The van der Waals surface area contributed by atoms with Crippen LogP contribution in [0.5, 0.6) is 0 Å². The largest absolute Gasteiger partial charge is 0.478 e. The molecule has 15 heavy (non-hydrogen) atoms. The number of hydrogen-bond acceptors (Lipinski definition) is 2. The number of hydrogen-bond donors (Lipinski definition) is 1. The lowest BCUT2D eigenvalue weighted by Crippen LogP contribution is -2.23. The van der Waals surface area contributed by atoms with E-state index >= 15 is 0 Å². The summed E-state index contributed by atoms with van der Waals surface area (Å²) in [6, 6.07) is 4.91. The minimum Gasteiger partial charge on any atom is -0.478 e. The molecular weight excluding hydrogens is 192 g/mol. The number of benzene rings is 1.